The van der Waals surface area contributed by atoms with E-state index < -0.39 is 53.1 Å². The smallest absolute Gasteiger partial charge is 0.264 e. The average molecular weight is 1100 g/mol. The number of halogens is 4. The van der Waals surface area contributed by atoms with E-state index in [2.05, 4.69) is 49.6 Å². The molecule has 2 N–H and O–H groups in total. The van der Waals surface area contributed by atoms with Gasteiger partial charge in [0.25, 0.3) is 20.0 Å². The van der Waals surface area contributed by atoms with Gasteiger partial charge in [-0.2, -0.15) is 10.2 Å². The molecule has 4 aromatic heterocycles. The van der Waals surface area contributed by atoms with Crippen LogP contribution < -0.4 is 28.4 Å². The summed E-state index contributed by atoms with van der Waals surface area (Å²) in [6.45, 7) is 3.59. The van der Waals surface area contributed by atoms with Gasteiger partial charge in [0.2, 0.25) is 11.8 Å². The topological polar surface area (TPSA) is 231 Å². The van der Waals surface area contributed by atoms with E-state index in [1.807, 2.05) is 0 Å². The number of benzene rings is 6. The van der Waals surface area contributed by atoms with Gasteiger partial charge in [-0.25, -0.2) is 64.3 Å². The zero-order valence-corrected chi connectivity index (χ0v) is 42.7. The first-order valence-corrected chi connectivity index (χ1v) is 25.9. The molecule has 18 nitrogen and oxygen atoms in total. The van der Waals surface area contributed by atoms with Crippen molar-refractivity contribution in [3.8, 4) is 57.0 Å². The van der Waals surface area contributed by atoms with Crippen LogP contribution in [0.1, 0.15) is 11.4 Å². The molecular formula is C54H38F4N10O8S2. The van der Waals surface area contributed by atoms with Crippen LogP contribution >= 0.6 is 0 Å². The number of sulfonamides is 2. The number of fused-ring (bicyclic) bond motifs is 2. The lowest BCUT2D eigenvalue weighted by Gasteiger charge is -2.15. The van der Waals surface area contributed by atoms with Crippen molar-refractivity contribution in [2.75, 3.05) is 23.7 Å². The minimum atomic E-state index is -4.56. The van der Waals surface area contributed by atoms with E-state index in [1.165, 1.54) is 51.4 Å². The lowest BCUT2D eigenvalue weighted by molar-refractivity contribution is 0.400. The third-order valence-corrected chi connectivity index (χ3v) is 14.6. The van der Waals surface area contributed by atoms with E-state index in [4.69, 9.17) is 18.9 Å². The number of anilines is 2. The lowest BCUT2D eigenvalue weighted by atomic mass is 10.0. The summed E-state index contributed by atoms with van der Waals surface area (Å²) >= 11 is 0. The number of aromatic nitrogens is 6. The van der Waals surface area contributed by atoms with Crippen molar-refractivity contribution >= 4 is 64.6 Å². The molecule has 0 radical (unpaired) electrons. The van der Waals surface area contributed by atoms with Crippen molar-refractivity contribution in [2.45, 2.75) is 23.6 Å². The number of nitrogens with zero attached hydrogens (tertiary/aromatic N) is 8. The van der Waals surface area contributed by atoms with Crippen LogP contribution in [0.25, 0.3) is 44.1 Å². The molecule has 78 heavy (non-hydrogen) atoms. The molecule has 10 rings (SSSR count). The summed E-state index contributed by atoms with van der Waals surface area (Å²) in [6.07, 6.45) is 5.72. The highest BCUT2D eigenvalue weighted by Gasteiger charge is 2.25. The summed E-state index contributed by atoms with van der Waals surface area (Å²) in [7, 11) is -6.53. The Bertz CT molecular complexity index is 3990. The van der Waals surface area contributed by atoms with E-state index in [-0.39, 0.29) is 23.1 Å². The molecule has 0 aliphatic rings. The Kier molecular flexibility index (Phi) is 14.0. The summed E-state index contributed by atoms with van der Waals surface area (Å²) in [6, 6.07) is 27.6. The zero-order chi connectivity index (χ0) is 54.9. The van der Waals surface area contributed by atoms with Gasteiger partial charge in [-0.1, -0.05) is 0 Å². The molecule has 0 aliphatic heterocycles. The van der Waals surface area contributed by atoms with Gasteiger partial charge in [-0.15, -0.1) is 0 Å². The molecule has 6 aromatic carbocycles. The highest BCUT2D eigenvalue weighted by Crippen LogP contribution is 2.40. The molecule has 0 atom stereocenters. The maximum Gasteiger partial charge on any atom is 0.264 e. The van der Waals surface area contributed by atoms with E-state index >= 15 is 0 Å². The number of ether oxygens (including phenoxy) is 4. The van der Waals surface area contributed by atoms with Crippen LogP contribution in [0.3, 0.4) is 0 Å². The van der Waals surface area contributed by atoms with Crippen molar-refractivity contribution in [2.24, 2.45) is 10.2 Å². The third kappa shape index (κ3) is 10.9. The quantitative estimate of drug-likeness (QED) is 0.0677. The largest absolute Gasteiger partial charge is 0.480 e. The third-order valence-electron chi connectivity index (χ3n) is 11.8. The summed E-state index contributed by atoms with van der Waals surface area (Å²) in [5, 5.41) is 10.0. The molecule has 0 unspecified atom stereocenters. The molecule has 0 spiro atoms. The van der Waals surface area contributed by atoms with Gasteiger partial charge in [0.15, 0.2) is 11.5 Å². The predicted octanol–water partition coefficient (Wildman–Crippen LogP) is 12.5. The molecule has 0 aliphatic carbocycles. The van der Waals surface area contributed by atoms with E-state index in [9.17, 15) is 34.4 Å². The number of hydrogen-bond donors (Lipinski definition) is 2. The monoisotopic (exact) mass is 1090 g/mol. The Hall–Kier alpha value is -9.68. The van der Waals surface area contributed by atoms with Gasteiger partial charge in [-0.3, -0.25) is 9.44 Å². The normalized spacial score (nSPS) is 11.7. The fraction of sp³-hybridized carbons (Fsp3) is 0.0741. The minimum Gasteiger partial charge on any atom is -0.480 e. The van der Waals surface area contributed by atoms with Gasteiger partial charge in [-0.05, 0) is 134 Å². The predicted molar refractivity (Wildman–Crippen MR) is 280 cm³/mol. The van der Waals surface area contributed by atoms with Gasteiger partial charge in [0.05, 0.1) is 25.6 Å². The second-order valence-corrected chi connectivity index (χ2v) is 20.3. The first kappa shape index (κ1) is 51.8. The van der Waals surface area contributed by atoms with E-state index in [0.717, 1.165) is 24.3 Å². The first-order chi connectivity index (χ1) is 37.4. The molecule has 4 heterocycles. The second-order valence-electron chi connectivity index (χ2n) is 17.0. The van der Waals surface area contributed by atoms with Crippen LogP contribution in [-0.2, 0) is 20.0 Å². The minimum absolute atomic E-state index is 0.105. The standard InChI is InChI=1S/C54H38F4N10O8S2/c1-29-41-17-31(33-19-45(53(73-3)59-25-33)67-77(69,70)49-15-5-35(55)23-43(49)57)21-47(51(41)63-27-61-29)75-39-11-7-37(8-12-39)65-66-38-9-13-40(14-10-38)76-48-22-32(18-42-30(2)62-28-64-52(42)48)34-20-46(54(74-4)60-26-34)68-78(71,72)50-16-6-36(56)24-44(50)58/h5-28,67-68H,1-4H3. The van der Waals surface area contributed by atoms with E-state index in [1.54, 1.807) is 86.6 Å². The number of methoxy groups -OCH3 is 2. The van der Waals surface area contributed by atoms with Crippen molar-refractivity contribution in [1.29, 1.82) is 0 Å². The SMILES string of the molecule is COc1ncc(-c2cc(Oc3ccc(N=Nc4ccc(Oc5cc(-c6cnc(OC)c(NS(=O)(=O)c7ccc(F)cc7F)c6)cc6c(C)ncnc56)cc4)cc3)c3ncnc(C)c3c2)cc1NS(=O)(=O)c1ccc(F)cc1F. The van der Waals surface area contributed by atoms with Gasteiger partial charge >= 0.3 is 0 Å². The summed E-state index contributed by atoms with van der Waals surface area (Å²) < 4.78 is 137. The van der Waals surface area contributed by atoms with Crippen LogP contribution in [0.2, 0.25) is 0 Å². The number of hydrogen-bond acceptors (Lipinski definition) is 16. The molecule has 0 amide bonds. The van der Waals surface area contributed by atoms with Crippen LogP contribution in [0, 0.1) is 37.1 Å². The van der Waals surface area contributed by atoms with Gasteiger partial charge in [0, 0.05) is 57.8 Å². The molecule has 0 saturated carbocycles. The first-order valence-electron chi connectivity index (χ1n) is 23.0. The molecular weight excluding hydrogens is 1060 g/mol. The number of rotatable bonds is 16. The number of nitrogens with one attached hydrogen (secondary N) is 2. The van der Waals surface area contributed by atoms with Crippen molar-refractivity contribution < 1.29 is 53.3 Å². The van der Waals surface area contributed by atoms with Crippen LogP contribution in [0.5, 0.6) is 34.8 Å². The van der Waals surface area contributed by atoms with E-state index in [0.29, 0.717) is 102 Å². The Morgan fingerprint density at radius 2 is 0.859 bits per heavy atom. The molecule has 392 valence electrons. The molecule has 0 fully saturated rings. The highest BCUT2D eigenvalue weighted by molar-refractivity contribution is 7.93. The van der Waals surface area contributed by atoms with Crippen molar-refractivity contribution in [3.63, 3.8) is 0 Å². The van der Waals surface area contributed by atoms with Crippen LogP contribution in [-0.4, -0.2) is 61.0 Å². The number of pyridine rings is 2. The fourth-order valence-electron chi connectivity index (χ4n) is 8.02. The second kappa shape index (κ2) is 21.2. The Balaban J connectivity index is 0.862. The fourth-order valence-corrected chi connectivity index (χ4v) is 10.2. The Labute approximate surface area is 441 Å². The average Bonchev–Trinajstić information content (AvgIpc) is 3.58. The lowest BCUT2D eigenvalue weighted by Crippen LogP contribution is -2.15. The van der Waals surface area contributed by atoms with Crippen LogP contribution in [0.4, 0.5) is 40.3 Å². The number of azo groups is 1. The Morgan fingerprint density at radius 3 is 1.23 bits per heavy atom. The molecule has 24 heteroatoms. The van der Waals surface area contributed by atoms with Crippen molar-refractivity contribution in [1.82, 2.24) is 29.9 Å². The highest BCUT2D eigenvalue weighted by atomic mass is 32.2. The maximum atomic E-state index is 14.6. The number of aryl methyl sites for hydroxylation is 2. The van der Waals surface area contributed by atoms with Crippen molar-refractivity contribution in [3.05, 3.63) is 181 Å². The van der Waals surface area contributed by atoms with Gasteiger partial charge < -0.3 is 18.9 Å². The molecule has 0 bridgehead atoms. The molecule has 0 saturated heterocycles. The Morgan fingerprint density at radius 1 is 0.462 bits per heavy atom. The van der Waals surface area contributed by atoms with Crippen LogP contribution in [0.15, 0.2) is 166 Å². The summed E-state index contributed by atoms with van der Waals surface area (Å²) in [5.74, 6) is -3.16. The zero-order valence-electron chi connectivity index (χ0n) is 41.0. The maximum absolute atomic E-state index is 14.6. The van der Waals surface area contributed by atoms with Gasteiger partial charge in [0.1, 0.15) is 79.6 Å². The molecule has 10 aromatic rings. The summed E-state index contributed by atoms with van der Waals surface area (Å²) in [4.78, 5) is 24.6. The summed E-state index contributed by atoms with van der Waals surface area (Å²) in [5.41, 5.74) is 4.87.